The normalized spacial score (nSPS) is 11.5. The molecule has 0 saturated heterocycles. The molecule has 47 heavy (non-hydrogen) atoms. The first kappa shape index (κ1) is 28.5. The first-order valence-corrected chi connectivity index (χ1v) is 16.3. The van der Waals surface area contributed by atoms with E-state index in [1.54, 1.807) is 0 Å². The largest absolute Gasteiger partial charge is 0.283 e. The van der Waals surface area contributed by atoms with Gasteiger partial charge in [0.1, 0.15) is 13.1 Å². The van der Waals surface area contributed by atoms with E-state index in [-0.39, 0.29) is 0 Å². The molecule has 0 aliphatic heterocycles. The first-order valence-electron chi connectivity index (χ1n) is 16.3. The zero-order valence-corrected chi connectivity index (χ0v) is 26.2. The number of rotatable bonds is 8. The highest BCUT2D eigenvalue weighted by Gasteiger charge is 2.31. The van der Waals surface area contributed by atoms with Crippen LogP contribution in [-0.2, 0) is 13.1 Å². The van der Waals surface area contributed by atoms with Gasteiger partial charge in [-0.05, 0) is 56.4 Å². The van der Waals surface area contributed by atoms with Crippen molar-refractivity contribution in [3.05, 3.63) is 198 Å². The van der Waals surface area contributed by atoms with Gasteiger partial charge in [-0.1, -0.05) is 164 Å². The van der Waals surface area contributed by atoms with Crippen molar-refractivity contribution < 1.29 is 4.57 Å². The van der Waals surface area contributed by atoms with E-state index >= 15 is 0 Å². The van der Waals surface area contributed by atoms with Gasteiger partial charge in [0.05, 0.1) is 0 Å². The number of fused-ring (bicyclic) bond motifs is 2. The van der Waals surface area contributed by atoms with Crippen LogP contribution in [0.25, 0.3) is 56.2 Å². The van der Waals surface area contributed by atoms with Crippen molar-refractivity contribution in [2.24, 2.45) is 0 Å². The van der Waals surface area contributed by atoms with Gasteiger partial charge in [-0.3, -0.25) is 0 Å². The number of benzene rings is 7. The minimum absolute atomic E-state index is 0.730. The SMILES string of the molecule is C(=C\c1n(Cc2ccc3ccccc3c2)c(-c2ccccc2)c(-c2ccccc2)[n+]1Cc1ccc2ccccc2c1)/c1ccccc1. The van der Waals surface area contributed by atoms with Crippen molar-refractivity contribution in [3.63, 3.8) is 0 Å². The first-order chi connectivity index (χ1) is 23.3. The fourth-order valence-corrected chi connectivity index (χ4v) is 6.68. The Kier molecular flexibility index (Phi) is 7.75. The highest BCUT2D eigenvalue weighted by molar-refractivity contribution is 5.84. The Bertz CT molecular complexity index is 2190. The Morgan fingerprint density at radius 3 is 1.60 bits per heavy atom. The Morgan fingerprint density at radius 1 is 0.447 bits per heavy atom. The highest BCUT2D eigenvalue weighted by atomic mass is 15.2. The van der Waals surface area contributed by atoms with Crippen LogP contribution in [0.2, 0.25) is 0 Å². The summed E-state index contributed by atoms with van der Waals surface area (Å²) in [5.41, 5.74) is 8.51. The van der Waals surface area contributed by atoms with E-state index in [0.29, 0.717) is 0 Å². The lowest BCUT2D eigenvalue weighted by Crippen LogP contribution is -2.38. The van der Waals surface area contributed by atoms with Crippen LogP contribution < -0.4 is 4.57 Å². The molecule has 1 heterocycles. The van der Waals surface area contributed by atoms with Gasteiger partial charge in [0.25, 0.3) is 5.82 Å². The van der Waals surface area contributed by atoms with Gasteiger partial charge in [0.2, 0.25) is 0 Å². The van der Waals surface area contributed by atoms with E-state index in [9.17, 15) is 0 Å². The molecular formula is C45H35N2+. The zero-order valence-electron chi connectivity index (χ0n) is 26.2. The molecule has 0 N–H and O–H groups in total. The minimum atomic E-state index is 0.730. The van der Waals surface area contributed by atoms with Gasteiger partial charge in [0.15, 0.2) is 11.4 Å². The van der Waals surface area contributed by atoms with Crippen molar-refractivity contribution in [2.75, 3.05) is 0 Å². The maximum atomic E-state index is 2.52. The summed E-state index contributed by atoms with van der Waals surface area (Å²) >= 11 is 0. The number of aromatic nitrogens is 2. The molecule has 1 aromatic heterocycles. The van der Waals surface area contributed by atoms with Crippen molar-refractivity contribution in [2.45, 2.75) is 13.1 Å². The Hall–Kier alpha value is -5.99. The molecule has 0 aliphatic carbocycles. The predicted molar refractivity (Wildman–Crippen MR) is 197 cm³/mol. The van der Waals surface area contributed by atoms with Gasteiger partial charge < -0.3 is 0 Å². The molecule has 0 aliphatic rings. The second kappa shape index (κ2) is 12.8. The summed E-state index contributed by atoms with van der Waals surface area (Å²) in [4.78, 5) is 0. The molecular weight excluding hydrogens is 569 g/mol. The Morgan fingerprint density at radius 2 is 0.957 bits per heavy atom. The maximum absolute atomic E-state index is 2.52. The van der Waals surface area contributed by atoms with Crippen LogP contribution in [0.5, 0.6) is 0 Å². The molecule has 0 radical (unpaired) electrons. The minimum Gasteiger partial charge on any atom is -0.219 e. The van der Waals surface area contributed by atoms with E-state index in [2.05, 4.69) is 197 Å². The number of hydrogen-bond donors (Lipinski definition) is 0. The molecule has 0 spiro atoms. The van der Waals surface area contributed by atoms with Crippen LogP contribution in [0.3, 0.4) is 0 Å². The van der Waals surface area contributed by atoms with Gasteiger partial charge in [0, 0.05) is 17.2 Å². The van der Waals surface area contributed by atoms with Crippen LogP contribution in [0, 0.1) is 0 Å². The molecule has 224 valence electrons. The second-order valence-corrected chi connectivity index (χ2v) is 12.1. The average Bonchev–Trinajstić information content (AvgIpc) is 3.43. The Labute approximate surface area is 276 Å². The molecule has 0 unspecified atom stereocenters. The number of nitrogens with zero attached hydrogens (tertiary/aromatic N) is 2. The van der Waals surface area contributed by atoms with Crippen molar-refractivity contribution in [1.29, 1.82) is 0 Å². The molecule has 0 bridgehead atoms. The van der Waals surface area contributed by atoms with Crippen LogP contribution in [0.15, 0.2) is 176 Å². The monoisotopic (exact) mass is 603 g/mol. The molecule has 0 amide bonds. The molecule has 2 heteroatoms. The lowest BCUT2D eigenvalue weighted by molar-refractivity contribution is -0.678. The van der Waals surface area contributed by atoms with Crippen LogP contribution >= 0.6 is 0 Å². The number of imidazole rings is 1. The predicted octanol–water partition coefficient (Wildman–Crippen LogP) is 10.7. The van der Waals surface area contributed by atoms with Crippen LogP contribution in [0.4, 0.5) is 0 Å². The summed E-state index contributed by atoms with van der Waals surface area (Å²) in [7, 11) is 0. The third-order valence-electron chi connectivity index (χ3n) is 8.95. The molecule has 8 aromatic rings. The lowest BCUT2D eigenvalue weighted by Gasteiger charge is -2.07. The summed E-state index contributed by atoms with van der Waals surface area (Å²) in [5, 5.41) is 5.03. The highest BCUT2D eigenvalue weighted by Crippen LogP contribution is 2.34. The van der Waals surface area contributed by atoms with Gasteiger partial charge >= 0.3 is 0 Å². The molecule has 7 aromatic carbocycles. The van der Waals surface area contributed by atoms with Gasteiger partial charge in [-0.2, -0.15) is 0 Å². The molecule has 0 atom stereocenters. The van der Waals surface area contributed by atoms with Gasteiger partial charge in [-0.25, -0.2) is 9.13 Å². The maximum Gasteiger partial charge on any atom is 0.283 e. The van der Waals surface area contributed by atoms with Crippen LogP contribution in [-0.4, -0.2) is 4.57 Å². The summed E-state index contributed by atoms with van der Waals surface area (Å²) in [6.07, 6.45) is 4.54. The van der Waals surface area contributed by atoms with Crippen molar-refractivity contribution in [3.8, 4) is 22.5 Å². The van der Waals surface area contributed by atoms with E-state index in [4.69, 9.17) is 0 Å². The van der Waals surface area contributed by atoms with E-state index in [0.717, 1.165) is 18.9 Å². The smallest absolute Gasteiger partial charge is 0.219 e. The van der Waals surface area contributed by atoms with E-state index in [1.165, 1.54) is 60.8 Å². The topological polar surface area (TPSA) is 8.81 Å². The second-order valence-electron chi connectivity index (χ2n) is 12.1. The summed E-state index contributed by atoms with van der Waals surface area (Å²) in [6, 6.07) is 63.3. The van der Waals surface area contributed by atoms with Crippen LogP contribution in [0.1, 0.15) is 22.5 Å². The van der Waals surface area contributed by atoms with E-state index in [1.807, 2.05) is 0 Å². The third-order valence-corrected chi connectivity index (χ3v) is 8.95. The fraction of sp³-hybridized carbons (Fsp3) is 0.0444. The number of hydrogen-bond acceptors (Lipinski definition) is 0. The van der Waals surface area contributed by atoms with Gasteiger partial charge in [-0.15, -0.1) is 0 Å². The van der Waals surface area contributed by atoms with Crippen molar-refractivity contribution in [1.82, 2.24) is 4.57 Å². The quantitative estimate of drug-likeness (QED) is 0.153. The third kappa shape index (κ3) is 5.90. The lowest BCUT2D eigenvalue weighted by atomic mass is 10.0. The standard InChI is InChI=1S/C45H35N2/c1-4-14-34(15-5-1)26-29-43-46(32-35-24-27-37-16-10-12-22-41(37)30-35)44(39-18-6-2-7-19-39)45(40-20-8-3-9-21-40)47(43)33-36-25-28-38-17-11-13-23-42(38)31-36/h1-31H,32-33H2/q+1/b29-26+. The zero-order chi connectivity index (χ0) is 31.4. The Balaban J connectivity index is 1.41. The van der Waals surface area contributed by atoms with E-state index < -0.39 is 0 Å². The average molecular weight is 604 g/mol. The summed E-state index contributed by atoms with van der Waals surface area (Å²) in [6.45, 7) is 1.46. The molecule has 0 saturated carbocycles. The van der Waals surface area contributed by atoms with Crippen molar-refractivity contribution >= 4 is 33.7 Å². The summed E-state index contributed by atoms with van der Waals surface area (Å²) in [5.74, 6) is 1.15. The molecule has 8 rings (SSSR count). The fourth-order valence-electron chi connectivity index (χ4n) is 6.68. The summed E-state index contributed by atoms with van der Waals surface area (Å²) < 4.78 is 5.03. The molecule has 0 fully saturated rings. The molecule has 2 nitrogen and oxygen atoms in total.